The number of thiol groups is 1. The van der Waals surface area contributed by atoms with Crippen molar-refractivity contribution in [1.29, 1.82) is 0 Å². The van der Waals surface area contributed by atoms with Gasteiger partial charge in [0.15, 0.2) is 47.1 Å². The summed E-state index contributed by atoms with van der Waals surface area (Å²) in [6.45, 7) is -4.66. The number of H-pyrrole nitrogens is 2. The number of nitrogens with zero attached hydrogens (tertiary/aromatic N) is 6. The summed E-state index contributed by atoms with van der Waals surface area (Å²) < 4.78 is 70.6. The second kappa shape index (κ2) is 9.67. The minimum absolute atomic E-state index is 0.00388. The van der Waals surface area contributed by atoms with Crippen LogP contribution in [-0.4, -0.2) is 76.3 Å². The molecule has 4 aromatic rings. The fraction of sp³-hybridized carbons (Fsp3) is 0.524. The minimum atomic E-state index is -4.27. The zero-order chi connectivity index (χ0) is 28.6. The molecule has 3 saturated heterocycles. The van der Waals surface area contributed by atoms with Crippen LogP contribution in [0.25, 0.3) is 22.3 Å². The first-order valence-electron chi connectivity index (χ1n) is 12.5. The first-order valence-corrected chi connectivity index (χ1v) is 15.2. The maximum atomic E-state index is 16.0. The molecule has 3 aliphatic rings. The number of hydrogen-bond acceptors (Lipinski definition) is 12. The molecule has 20 heteroatoms. The minimum Gasteiger partial charge on any atom is -0.369 e. The van der Waals surface area contributed by atoms with E-state index < -0.39 is 66.9 Å². The molecule has 2 unspecified atom stereocenters. The molecule has 7 rings (SSSR count). The fourth-order valence-electron chi connectivity index (χ4n) is 5.65. The second-order valence-corrected chi connectivity index (χ2v) is 12.8. The van der Waals surface area contributed by atoms with Gasteiger partial charge in [-0.05, 0) is 12.8 Å². The number of rotatable bonds is 2. The summed E-state index contributed by atoms with van der Waals surface area (Å²) in [6, 6.07) is 0. The number of hydrogen-bond donors (Lipinski definition) is 4. The number of nitrogens with two attached hydrogens (primary N) is 1. The monoisotopic (exact) mass is 613 g/mol. The highest BCUT2D eigenvalue weighted by molar-refractivity contribution is 8.44. The predicted octanol–water partition coefficient (Wildman–Crippen LogP) is 1.16. The Hall–Kier alpha value is -3.22. The van der Waals surface area contributed by atoms with Crippen LogP contribution in [0.2, 0.25) is 0 Å². The topological polar surface area (TPSA) is 207 Å². The van der Waals surface area contributed by atoms with Gasteiger partial charge in [-0.25, -0.2) is 28.3 Å². The summed E-state index contributed by atoms with van der Waals surface area (Å²) in [5, 5.41) is 0. The van der Waals surface area contributed by atoms with Crippen LogP contribution in [0.4, 0.5) is 14.7 Å². The predicted molar refractivity (Wildman–Crippen MR) is 138 cm³/mol. The largest absolute Gasteiger partial charge is 0.386 e. The van der Waals surface area contributed by atoms with Gasteiger partial charge in [0, 0.05) is 5.92 Å². The normalized spacial score (nSPS) is 36.0. The number of aromatic nitrogens is 8. The number of anilines is 1. The Labute approximate surface area is 232 Å². The molecular formula is C21H22F2N9O7PS. The number of nitrogens with one attached hydrogen (secondary N) is 2. The van der Waals surface area contributed by atoms with Gasteiger partial charge in [-0.15, -0.1) is 0 Å². The first kappa shape index (κ1) is 26.7. The number of alkyl halides is 2. The van der Waals surface area contributed by atoms with Gasteiger partial charge in [-0.2, -0.15) is 4.98 Å². The van der Waals surface area contributed by atoms with E-state index in [4.69, 9.17) is 24.3 Å². The molecule has 3 aliphatic heterocycles. The lowest BCUT2D eigenvalue weighted by atomic mass is 9.91. The third-order valence-corrected chi connectivity index (χ3v) is 9.16. The van der Waals surface area contributed by atoms with Crippen molar-refractivity contribution in [1.82, 2.24) is 39.0 Å². The van der Waals surface area contributed by atoms with Crippen molar-refractivity contribution < 1.29 is 31.9 Å². The van der Waals surface area contributed by atoms with Crippen LogP contribution >= 0.6 is 19.0 Å². The molecule has 0 aliphatic carbocycles. The highest BCUT2D eigenvalue weighted by Gasteiger charge is 2.53. The van der Waals surface area contributed by atoms with Crippen molar-refractivity contribution in [3.8, 4) is 0 Å². The number of imidazole rings is 2. The molecular weight excluding hydrogens is 591 g/mol. The highest BCUT2D eigenvalue weighted by atomic mass is 32.7. The van der Waals surface area contributed by atoms with E-state index in [-0.39, 0.29) is 47.7 Å². The Morgan fingerprint density at radius 2 is 1.68 bits per heavy atom. The van der Waals surface area contributed by atoms with E-state index in [1.165, 1.54) is 28.1 Å². The summed E-state index contributed by atoms with van der Waals surface area (Å²) >= 11 is 4.02. The third-order valence-electron chi connectivity index (χ3n) is 7.54. The molecule has 4 N–H and O–H groups in total. The van der Waals surface area contributed by atoms with Crippen molar-refractivity contribution in [2.45, 2.75) is 56.0 Å². The summed E-state index contributed by atoms with van der Waals surface area (Å²) in [4.78, 5) is 45.2. The van der Waals surface area contributed by atoms with Crippen molar-refractivity contribution in [3.63, 3.8) is 0 Å². The molecule has 218 valence electrons. The molecule has 7 heterocycles. The molecule has 0 amide bonds. The zero-order valence-electron chi connectivity index (χ0n) is 20.7. The second-order valence-electron chi connectivity index (χ2n) is 9.93. The molecule has 4 aromatic heterocycles. The van der Waals surface area contributed by atoms with Crippen LogP contribution in [0.15, 0.2) is 28.6 Å². The van der Waals surface area contributed by atoms with E-state index in [1.807, 2.05) is 0 Å². The Morgan fingerprint density at radius 1 is 0.976 bits per heavy atom. The third kappa shape index (κ3) is 4.38. The van der Waals surface area contributed by atoms with Crippen LogP contribution in [0.5, 0.6) is 0 Å². The Kier molecular flexibility index (Phi) is 6.29. The van der Waals surface area contributed by atoms with E-state index in [0.717, 1.165) is 0 Å². The average Bonchev–Trinajstić information content (AvgIpc) is 3.67. The van der Waals surface area contributed by atoms with Gasteiger partial charge in [-0.1, -0.05) is 12.2 Å². The van der Waals surface area contributed by atoms with Gasteiger partial charge in [0.05, 0.1) is 37.8 Å². The van der Waals surface area contributed by atoms with Gasteiger partial charge < -0.3 is 20.2 Å². The quantitative estimate of drug-likeness (QED) is 0.186. The molecule has 0 radical (unpaired) electrons. The zero-order valence-corrected chi connectivity index (χ0v) is 22.5. The maximum absolute atomic E-state index is 16.0. The van der Waals surface area contributed by atoms with E-state index >= 15 is 8.78 Å². The van der Waals surface area contributed by atoms with Crippen molar-refractivity contribution >= 4 is 47.3 Å². The van der Waals surface area contributed by atoms with Crippen LogP contribution in [0.1, 0.15) is 25.3 Å². The van der Waals surface area contributed by atoms with Gasteiger partial charge in [0.25, 0.3) is 11.1 Å². The average molecular weight is 614 g/mol. The van der Waals surface area contributed by atoms with E-state index in [2.05, 4.69) is 42.2 Å². The lowest BCUT2D eigenvalue weighted by Crippen LogP contribution is -2.30. The first-order chi connectivity index (χ1) is 19.6. The van der Waals surface area contributed by atoms with Crippen LogP contribution in [0.3, 0.4) is 0 Å². The fourth-order valence-corrected chi connectivity index (χ4v) is 7.10. The lowest BCUT2D eigenvalue weighted by molar-refractivity contribution is -0.0502. The van der Waals surface area contributed by atoms with E-state index in [9.17, 15) is 14.2 Å². The van der Waals surface area contributed by atoms with E-state index in [0.29, 0.717) is 0 Å². The number of nitrogen functional groups attached to an aromatic ring is 1. The lowest BCUT2D eigenvalue weighted by Gasteiger charge is -2.25. The van der Waals surface area contributed by atoms with Crippen molar-refractivity contribution in [3.05, 3.63) is 39.7 Å². The summed E-state index contributed by atoms with van der Waals surface area (Å²) in [6.07, 6.45) is -5.86. The molecule has 0 aromatic carbocycles. The van der Waals surface area contributed by atoms with Crippen molar-refractivity contribution in [2.24, 2.45) is 5.92 Å². The number of ether oxygens (including phenoxy) is 2. The van der Waals surface area contributed by atoms with Crippen LogP contribution < -0.4 is 16.9 Å². The summed E-state index contributed by atoms with van der Waals surface area (Å²) in [5.41, 5.74) is 4.60. The molecule has 41 heavy (non-hydrogen) atoms. The standard InChI is InChI=1S/C21H22F2N9O7PS/c22-10-7-1-2-8-11(23)14(20(37-8)32-6-28-13-16(32)29-21(24)30-18(13)34)39-40(35,41)36-3-9(7)38-19(10)31-5-27-12-15(31)25-4-26-17(12)33/h4-11,14,19-20H,1-3H2,(H,35,41)(H,25,26,33)(H3,24,29,30,34)/t7-,8?,9-,10-,11-,14-,19-,20-,40?/m1/s1. The smallest absolute Gasteiger partial charge is 0.369 e. The molecule has 2 bridgehead atoms. The molecule has 9 atom stereocenters. The van der Waals surface area contributed by atoms with Crippen molar-refractivity contribution in [2.75, 3.05) is 12.3 Å². The SMILES string of the molecule is Nc1nc2c(ncn2[C@@H]2OC3CC[C@H]4[C@@H](F)[C@H](n5cnc6c(=O)[nH]cnc65)O[C@@H]4COP(=O)(S)O[C@@H]2[C@@H]3F)c(=O)[nH]1. The number of aromatic amines is 2. The van der Waals surface area contributed by atoms with Gasteiger partial charge >= 0.3 is 6.80 Å². The van der Waals surface area contributed by atoms with Gasteiger partial charge in [0.2, 0.25) is 5.95 Å². The summed E-state index contributed by atoms with van der Waals surface area (Å²) in [7, 11) is 0. The maximum Gasteiger partial charge on any atom is 0.386 e. The molecule has 0 spiro atoms. The molecule has 16 nitrogen and oxygen atoms in total. The molecule has 0 saturated carbocycles. The molecule has 3 fully saturated rings. The van der Waals surface area contributed by atoms with Gasteiger partial charge in [0.1, 0.15) is 6.10 Å². The Balaban J connectivity index is 1.21. The van der Waals surface area contributed by atoms with Crippen LogP contribution in [0, 0.1) is 5.92 Å². The van der Waals surface area contributed by atoms with Gasteiger partial charge in [-0.3, -0.25) is 32.8 Å². The van der Waals surface area contributed by atoms with E-state index in [1.54, 1.807) is 0 Å². The Bertz CT molecular complexity index is 1810. The number of halogens is 2. The Morgan fingerprint density at radius 3 is 2.46 bits per heavy atom. The number of fused-ring (bicyclic) bond motifs is 5. The summed E-state index contributed by atoms with van der Waals surface area (Å²) in [5.74, 6) is -1.06. The van der Waals surface area contributed by atoms with Crippen LogP contribution in [-0.2, 0) is 23.1 Å². The highest BCUT2D eigenvalue weighted by Crippen LogP contribution is 2.58.